The van der Waals surface area contributed by atoms with Gasteiger partial charge in [-0.25, -0.2) is 0 Å². The van der Waals surface area contributed by atoms with Gasteiger partial charge in [-0.3, -0.25) is 4.79 Å². The highest BCUT2D eigenvalue weighted by molar-refractivity contribution is 5.92. The maximum atomic E-state index is 12.2. The number of ether oxygens (including phenoxy) is 3. The van der Waals surface area contributed by atoms with Crippen molar-refractivity contribution in [2.24, 2.45) is 0 Å². The molecule has 0 fully saturated rings. The first-order valence-corrected chi connectivity index (χ1v) is 8.18. The van der Waals surface area contributed by atoms with E-state index >= 15 is 0 Å². The minimum atomic E-state index is -0.173. The smallest absolute Gasteiger partial charge is 0.244 e. The summed E-state index contributed by atoms with van der Waals surface area (Å²) in [4.78, 5) is 12.2. The molecule has 5 nitrogen and oxygen atoms in total. The molecule has 3 rings (SSSR count). The summed E-state index contributed by atoms with van der Waals surface area (Å²) in [5.74, 6) is 2.01. The molecule has 0 saturated heterocycles. The third-order valence-electron chi connectivity index (χ3n) is 3.98. The molecule has 1 atom stereocenters. The van der Waals surface area contributed by atoms with Crippen molar-refractivity contribution in [2.45, 2.75) is 13.0 Å². The highest BCUT2D eigenvalue weighted by Crippen LogP contribution is 2.32. The Hall–Kier alpha value is -2.95. The van der Waals surface area contributed by atoms with E-state index in [-0.39, 0.29) is 11.9 Å². The van der Waals surface area contributed by atoms with Gasteiger partial charge in [0, 0.05) is 11.6 Å². The summed E-state index contributed by atoms with van der Waals surface area (Å²) in [5, 5.41) is 2.95. The number of para-hydroxylation sites is 1. The molecule has 1 heterocycles. The topological polar surface area (TPSA) is 56.8 Å². The summed E-state index contributed by atoms with van der Waals surface area (Å²) < 4.78 is 16.4. The summed E-state index contributed by atoms with van der Waals surface area (Å²) in [6, 6.07) is 13.1. The van der Waals surface area contributed by atoms with Crippen LogP contribution in [0.4, 0.5) is 0 Å². The Kier molecular flexibility index (Phi) is 5.23. The average Bonchev–Trinajstić information content (AvgIpc) is 2.66. The van der Waals surface area contributed by atoms with Gasteiger partial charge in [-0.1, -0.05) is 24.3 Å². The van der Waals surface area contributed by atoms with Crippen LogP contribution < -0.4 is 19.5 Å². The van der Waals surface area contributed by atoms with Crippen molar-refractivity contribution >= 4 is 12.0 Å². The van der Waals surface area contributed by atoms with E-state index in [1.807, 2.05) is 49.4 Å². The van der Waals surface area contributed by atoms with E-state index in [2.05, 4.69) is 5.32 Å². The van der Waals surface area contributed by atoms with Gasteiger partial charge < -0.3 is 19.5 Å². The van der Waals surface area contributed by atoms with E-state index in [0.717, 1.165) is 28.4 Å². The Bertz CT molecular complexity index is 785. The molecule has 1 aliphatic rings. The van der Waals surface area contributed by atoms with E-state index in [4.69, 9.17) is 14.2 Å². The predicted octanol–water partition coefficient (Wildman–Crippen LogP) is 3.36. The number of carbonyl (C=O) groups excluding carboxylic acids is 1. The SMILES string of the molecule is COc1ccccc1C=CC(=O)NC(C)c1ccc2c(c1)OCCO2. The fourth-order valence-electron chi connectivity index (χ4n) is 2.64. The number of rotatable bonds is 5. The van der Waals surface area contributed by atoms with Crippen LogP contribution >= 0.6 is 0 Å². The summed E-state index contributed by atoms with van der Waals surface area (Å²) in [6.45, 7) is 3.03. The molecule has 0 bridgehead atoms. The van der Waals surface area contributed by atoms with Gasteiger partial charge >= 0.3 is 0 Å². The summed E-state index contributed by atoms with van der Waals surface area (Å²) >= 11 is 0. The maximum absolute atomic E-state index is 12.2. The normalized spacial score (nSPS) is 14.2. The van der Waals surface area contributed by atoms with Gasteiger partial charge in [0.25, 0.3) is 0 Å². The van der Waals surface area contributed by atoms with Crippen LogP contribution in [0.25, 0.3) is 6.08 Å². The number of fused-ring (bicyclic) bond motifs is 1. The van der Waals surface area contributed by atoms with Gasteiger partial charge in [0.2, 0.25) is 5.91 Å². The molecule has 130 valence electrons. The van der Waals surface area contributed by atoms with E-state index < -0.39 is 0 Å². The predicted molar refractivity (Wildman–Crippen MR) is 96.0 cm³/mol. The molecule has 0 spiro atoms. The first-order chi connectivity index (χ1) is 12.2. The lowest BCUT2D eigenvalue weighted by Crippen LogP contribution is -2.25. The molecule has 1 N–H and O–H groups in total. The van der Waals surface area contributed by atoms with E-state index in [0.29, 0.717) is 13.2 Å². The number of benzene rings is 2. The molecule has 2 aromatic rings. The largest absolute Gasteiger partial charge is 0.496 e. The molecule has 0 aliphatic carbocycles. The quantitative estimate of drug-likeness (QED) is 0.849. The lowest BCUT2D eigenvalue weighted by Gasteiger charge is -2.20. The summed E-state index contributed by atoms with van der Waals surface area (Å²) in [7, 11) is 1.61. The second kappa shape index (κ2) is 7.75. The highest BCUT2D eigenvalue weighted by Gasteiger charge is 2.15. The van der Waals surface area contributed by atoms with Gasteiger partial charge in [0.15, 0.2) is 11.5 Å². The number of hydrogen-bond acceptors (Lipinski definition) is 4. The Labute approximate surface area is 147 Å². The molecular formula is C20H21NO4. The number of nitrogens with one attached hydrogen (secondary N) is 1. The lowest BCUT2D eigenvalue weighted by atomic mass is 10.1. The first kappa shape index (κ1) is 16.9. The van der Waals surface area contributed by atoms with Crippen LogP contribution in [0.3, 0.4) is 0 Å². The Morgan fingerprint density at radius 1 is 1.16 bits per heavy atom. The number of hydrogen-bond donors (Lipinski definition) is 1. The van der Waals surface area contributed by atoms with Gasteiger partial charge in [0.05, 0.1) is 13.2 Å². The van der Waals surface area contributed by atoms with Crippen molar-refractivity contribution in [1.82, 2.24) is 5.32 Å². The van der Waals surface area contributed by atoms with Crippen LogP contribution in [0.2, 0.25) is 0 Å². The van der Waals surface area contributed by atoms with Gasteiger partial charge in [0.1, 0.15) is 19.0 Å². The molecule has 1 unspecified atom stereocenters. The zero-order chi connectivity index (χ0) is 17.6. The van der Waals surface area contributed by atoms with Crippen molar-refractivity contribution in [3.63, 3.8) is 0 Å². The van der Waals surface area contributed by atoms with Crippen molar-refractivity contribution in [3.8, 4) is 17.2 Å². The highest BCUT2D eigenvalue weighted by atomic mass is 16.6. The summed E-state index contributed by atoms with van der Waals surface area (Å²) in [5.41, 5.74) is 1.82. The molecule has 0 saturated carbocycles. The van der Waals surface area contributed by atoms with Gasteiger partial charge in [-0.2, -0.15) is 0 Å². The minimum Gasteiger partial charge on any atom is -0.496 e. The number of amides is 1. The first-order valence-electron chi connectivity index (χ1n) is 8.18. The van der Waals surface area contributed by atoms with E-state index in [9.17, 15) is 4.79 Å². The Balaban J connectivity index is 1.65. The van der Waals surface area contributed by atoms with Crippen molar-refractivity contribution < 1.29 is 19.0 Å². The number of carbonyl (C=O) groups is 1. The third kappa shape index (κ3) is 4.12. The van der Waals surface area contributed by atoms with Gasteiger partial charge in [-0.05, 0) is 36.8 Å². The zero-order valence-corrected chi connectivity index (χ0v) is 14.3. The second-order valence-electron chi connectivity index (χ2n) is 5.71. The fraction of sp³-hybridized carbons (Fsp3) is 0.250. The van der Waals surface area contributed by atoms with Gasteiger partial charge in [-0.15, -0.1) is 0 Å². The minimum absolute atomic E-state index is 0.148. The molecular weight excluding hydrogens is 318 g/mol. The fourth-order valence-corrected chi connectivity index (χ4v) is 2.64. The van der Waals surface area contributed by atoms with E-state index in [1.54, 1.807) is 13.2 Å². The van der Waals surface area contributed by atoms with Crippen LogP contribution in [-0.2, 0) is 4.79 Å². The zero-order valence-electron chi connectivity index (χ0n) is 14.3. The maximum Gasteiger partial charge on any atom is 0.244 e. The van der Waals surface area contributed by atoms with Crippen LogP contribution in [0, 0.1) is 0 Å². The molecule has 2 aromatic carbocycles. The second-order valence-corrected chi connectivity index (χ2v) is 5.71. The van der Waals surface area contributed by atoms with E-state index in [1.165, 1.54) is 6.08 Å². The van der Waals surface area contributed by atoms with Crippen LogP contribution in [0.5, 0.6) is 17.2 Å². The Morgan fingerprint density at radius 2 is 1.92 bits per heavy atom. The molecule has 5 heteroatoms. The Morgan fingerprint density at radius 3 is 2.72 bits per heavy atom. The van der Waals surface area contributed by atoms with Crippen LogP contribution in [-0.4, -0.2) is 26.2 Å². The standard InChI is InChI=1S/C20H21NO4/c1-14(16-7-9-18-19(13-16)25-12-11-24-18)21-20(22)10-8-15-5-3-4-6-17(15)23-2/h3-10,13-14H,11-12H2,1-2H3,(H,21,22). The van der Waals surface area contributed by atoms with Crippen molar-refractivity contribution in [3.05, 3.63) is 59.7 Å². The van der Waals surface area contributed by atoms with Crippen molar-refractivity contribution in [2.75, 3.05) is 20.3 Å². The third-order valence-corrected chi connectivity index (χ3v) is 3.98. The molecule has 25 heavy (non-hydrogen) atoms. The van der Waals surface area contributed by atoms with Crippen LogP contribution in [0.1, 0.15) is 24.1 Å². The lowest BCUT2D eigenvalue weighted by molar-refractivity contribution is -0.117. The van der Waals surface area contributed by atoms with Crippen molar-refractivity contribution in [1.29, 1.82) is 0 Å². The monoisotopic (exact) mass is 339 g/mol. The molecule has 0 radical (unpaired) electrons. The van der Waals surface area contributed by atoms with Crippen LogP contribution in [0.15, 0.2) is 48.5 Å². The molecule has 0 aromatic heterocycles. The molecule has 1 amide bonds. The molecule has 1 aliphatic heterocycles. The average molecular weight is 339 g/mol. The number of methoxy groups -OCH3 is 1. The summed E-state index contributed by atoms with van der Waals surface area (Å²) in [6.07, 6.45) is 3.25.